The van der Waals surface area contributed by atoms with E-state index in [1.807, 2.05) is 0 Å². The van der Waals surface area contributed by atoms with Gasteiger partial charge in [-0.1, -0.05) is 0 Å². The van der Waals surface area contributed by atoms with Gasteiger partial charge in [0.1, 0.15) is 5.75 Å². The molecule has 0 radical (unpaired) electrons. The molecule has 0 heterocycles. The standard InChI is InChI=1S/C9H9NO4.K/c1-5(11)10-6-2-3-7(9(13)14)8(12)4-6;/h2-4,12H,1H3,(H,10,11)(H,13,14);/q;+1/p-1. The van der Waals surface area contributed by atoms with Gasteiger partial charge in [-0.3, -0.25) is 4.79 Å². The molecule has 1 aromatic rings. The number of aromatic hydroxyl groups is 1. The van der Waals surface area contributed by atoms with Gasteiger partial charge in [-0.05, 0) is 12.1 Å². The summed E-state index contributed by atoms with van der Waals surface area (Å²) in [7, 11) is 0. The van der Waals surface area contributed by atoms with Crippen LogP contribution in [0.1, 0.15) is 17.3 Å². The first-order chi connectivity index (χ1) is 6.50. The summed E-state index contributed by atoms with van der Waals surface area (Å²) in [4.78, 5) is 21.0. The third-order valence-electron chi connectivity index (χ3n) is 1.54. The summed E-state index contributed by atoms with van der Waals surface area (Å²) in [5.74, 6) is -2.20. The van der Waals surface area contributed by atoms with Gasteiger partial charge >= 0.3 is 51.4 Å². The molecule has 0 fully saturated rings. The number of carbonyl (C=O) groups excluding carboxylic acids is 2. The predicted molar refractivity (Wildman–Crippen MR) is 46.7 cm³/mol. The molecule has 0 aliphatic rings. The van der Waals surface area contributed by atoms with Gasteiger partial charge in [-0.25, -0.2) is 0 Å². The van der Waals surface area contributed by atoms with Crippen LogP contribution in [0.3, 0.4) is 0 Å². The van der Waals surface area contributed by atoms with E-state index < -0.39 is 11.7 Å². The van der Waals surface area contributed by atoms with E-state index in [2.05, 4.69) is 5.32 Å². The quantitative estimate of drug-likeness (QED) is 0.524. The van der Waals surface area contributed by atoms with E-state index in [-0.39, 0.29) is 62.9 Å². The van der Waals surface area contributed by atoms with Crippen molar-refractivity contribution >= 4 is 17.6 Å². The molecule has 6 heteroatoms. The van der Waals surface area contributed by atoms with Crippen LogP contribution in [0.2, 0.25) is 0 Å². The Labute approximate surface area is 129 Å². The molecule has 0 bridgehead atoms. The molecule has 2 N–H and O–H groups in total. The Bertz CT molecular complexity index is 392. The van der Waals surface area contributed by atoms with Gasteiger partial charge < -0.3 is 20.3 Å². The minimum atomic E-state index is -1.46. The molecule has 0 saturated heterocycles. The third-order valence-corrected chi connectivity index (χ3v) is 1.54. The summed E-state index contributed by atoms with van der Waals surface area (Å²) in [6, 6.07) is 3.68. The average molecular weight is 233 g/mol. The number of anilines is 1. The van der Waals surface area contributed by atoms with E-state index in [1.165, 1.54) is 13.0 Å². The zero-order chi connectivity index (χ0) is 10.7. The molecule has 74 valence electrons. The Morgan fingerprint density at radius 3 is 2.40 bits per heavy atom. The normalized spacial score (nSPS) is 8.87. The number of hydrogen-bond donors (Lipinski definition) is 2. The van der Waals surface area contributed by atoms with Crippen molar-refractivity contribution in [2.24, 2.45) is 0 Å². The third kappa shape index (κ3) is 4.31. The molecule has 0 spiro atoms. The number of phenols is 1. The molecule has 1 rings (SSSR count). The maximum atomic E-state index is 10.6. The maximum Gasteiger partial charge on any atom is 1.00 e. The van der Waals surface area contributed by atoms with Crippen molar-refractivity contribution in [3.8, 4) is 5.75 Å². The Balaban J connectivity index is 0.00000196. The Hall–Kier alpha value is -0.404. The smallest absolute Gasteiger partial charge is 0.545 e. The second-order valence-corrected chi connectivity index (χ2v) is 2.70. The van der Waals surface area contributed by atoms with Crippen molar-refractivity contribution in [2.75, 3.05) is 5.32 Å². The Kier molecular flexibility index (Phi) is 6.07. The molecule has 0 aliphatic heterocycles. The molecule has 0 saturated carbocycles. The predicted octanol–water partition coefficient (Wildman–Crippen LogP) is -3.28. The van der Waals surface area contributed by atoms with Crippen LogP contribution in [0.4, 0.5) is 5.69 Å². The molecular formula is C9H8KNO4. The van der Waals surface area contributed by atoms with Crippen molar-refractivity contribution in [2.45, 2.75) is 6.92 Å². The SMILES string of the molecule is CC(=O)Nc1ccc(C(=O)[O-])c(O)c1.[K+]. The second kappa shape index (κ2) is 6.24. The van der Waals surface area contributed by atoms with Gasteiger partial charge in [-0.15, -0.1) is 0 Å². The van der Waals surface area contributed by atoms with Crippen LogP contribution in [0.5, 0.6) is 5.75 Å². The van der Waals surface area contributed by atoms with E-state index in [0.717, 1.165) is 12.1 Å². The van der Waals surface area contributed by atoms with Gasteiger partial charge in [0, 0.05) is 24.2 Å². The van der Waals surface area contributed by atoms with Crippen LogP contribution < -0.4 is 61.8 Å². The number of carbonyl (C=O) groups is 2. The molecule has 1 aromatic carbocycles. The minimum absolute atomic E-state index is 0. The van der Waals surface area contributed by atoms with Crippen LogP contribution in [0.25, 0.3) is 0 Å². The topological polar surface area (TPSA) is 89.5 Å². The molecule has 0 atom stereocenters. The first-order valence-electron chi connectivity index (χ1n) is 3.82. The summed E-state index contributed by atoms with van der Waals surface area (Å²) in [6.45, 7) is 1.31. The van der Waals surface area contributed by atoms with Gasteiger partial charge in [0.15, 0.2) is 0 Å². The zero-order valence-corrected chi connectivity index (χ0v) is 11.5. The fourth-order valence-electron chi connectivity index (χ4n) is 0.985. The van der Waals surface area contributed by atoms with Crippen molar-refractivity contribution in [3.63, 3.8) is 0 Å². The molecule has 15 heavy (non-hydrogen) atoms. The number of benzene rings is 1. The molecular weight excluding hydrogens is 225 g/mol. The van der Waals surface area contributed by atoms with E-state index in [9.17, 15) is 19.8 Å². The van der Waals surface area contributed by atoms with Gasteiger partial charge in [0.25, 0.3) is 0 Å². The van der Waals surface area contributed by atoms with Gasteiger partial charge in [-0.2, -0.15) is 0 Å². The van der Waals surface area contributed by atoms with E-state index in [4.69, 9.17) is 0 Å². The number of rotatable bonds is 2. The first-order valence-corrected chi connectivity index (χ1v) is 3.82. The number of hydrogen-bond acceptors (Lipinski definition) is 4. The molecule has 1 amide bonds. The summed E-state index contributed by atoms with van der Waals surface area (Å²) in [6.07, 6.45) is 0. The van der Waals surface area contributed by atoms with Crippen LogP contribution in [-0.2, 0) is 4.79 Å². The largest absolute Gasteiger partial charge is 1.00 e. The first kappa shape index (κ1) is 14.6. The zero-order valence-electron chi connectivity index (χ0n) is 8.40. The summed E-state index contributed by atoms with van der Waals surface area (Å²) >= 11 is 0. The Morgan fingerprint density at radius 2 is 2.00 bits per heavy atom. The second-order valence-electron chi connectivity index (χ2n) is 2.70. The number of carboxylic acid groups (broad SMARTS) is 1. The van der Waals surface area contributed by atoms with E-state index >= 15 is 0 Å². The van der Waals surface area contributed by atoms with Crippen LogP contribution >= 0.6 is 0 Å². The van der Waals surface area contributed by atoms with Crippen LogP contribution in [-0.4, -0.2) is 17.0 Å². The van der Waals surface area contributed by atoms with Crippen molar-refractivity contribution < 1.29 is 71.2 Å². The monoisotopic (exact) mass is 233 g/mol. The Morgan fingerprint density at radius 1 is 1.40 bits per heavy atom. The minimum Gasteiger partial charge on any atom is -0.545 e. The van der Waals surface area contributed by atoms with E-state index in [1.54, 1.807) is 0 Å². The summed E-state index contributed by atoms with van der Waals surface area (Å²) in [5.41, 5.74) is 0.0269. The molecule has 0 aromatic heterocycles. The van der Waals surface area contributed by atoms with Crippen LogP contribution in [0, 0.1) is 0 Å². The number of aromatic carboxylic acids is 1. The molecule has 5 nitrogen and oxygen atoms in total. The number of carboxylic acids is 1. The van der Waals surface area contributed by atoms with Crippen molar-refractivity contribution in [1.29, 1.82) is 0 Å². The number of amides is 1. The average Bonchev–Trinajstić information content (AvgIpc) is 2.01. The molecule has 0 aliphatic carbocycles. The summed E-state index contributed by atoms with van der Waals surface area (Å²) < 4.78 is 0. The molecule has 0 unspecified atom stereocenters. The fraction of sp³-hybridized carbons (Fsp3) is 0.111. The number of nitrogens with one attached hydrogen (secondary N) is 1. The summed E-state index contributed by atoms with van der Waals surface area (Å²) in [5, 5.41) is 22.0. The fourth-order valence-corrected chi connectivity index (χ4v) is 0.985. The van der Waals surface area contributed by atoms with Gasteiger partial charge in [0.2, 0.25) is 5.91 Å². The van der Waals surface area contributed by atoms with Gasteiger partial charge in [0.05, 0.1) is 5.97 Å². The van der Waals surface area contributed by atoms with Crippen molar-refractivity contribution in [1.82, 2.24) is 0 Å². The van der Waals surface area contributed by atoms with E-state index in [0.29, 0.717) is 5.69 Å². The van der Waals surface area contributed by atoms with Crippen molar-refractivity contribution in [3.05, 3.63) is 23.8 Å². The maximum absolute atomic E-state index is 10.6. The van der Waals surface area contributed by atoms with Crippen LogP contribution in [0.15, 0.2) is 18.2 Å².